The van der Waals surface area contributed by atoms with E-state index in [2.05, 4.69) is 5.32 Å². The van der Waals surface area contributed by atoms with Gasteiger partial charge in [0.2, 0.25) is 15.9 Å². The van der Waals surface area contributed by atoms with Crippen LogP contribution in [0, 0.1) is 11.7 Å². The van der Waals surface area contributed by atoms with E-state index in [0.29, 0.717) is 37.5 Å². The van der Waals surface area contributed by atoms with Crippen LogP contribution < -0.4 is 14.8 Å². The first-order valence-corrected chi connectivity index (χ1v) is 11.3. The summed E-state index contributed by atoms with van der Waals surface area (Å²) >= 11 is 0. The lowest BCUT2D eigenvalue weighted by atomic mass is 9.97. The van der Waals surface area contributed by atoms with Gasteiger partial charge in [0.25, 0.3) is 0 Å². The number of piperidine rings is 1. The minimum Gasteiger partial charge on any atom is -0.486 e. The van der Waals surface area contributed by atoms with E-state index in [-0.39, 0.29) is 35.9 Å². The van der Waals surface area contributed by atoms with Crippen LogP contribution in [-0.2, 0) is 14.8 Å². The maximum atomic E-state index is 13.1. The van der Waals surface area contributed by atoms with Crippen molar-refractivity contribution in [3.63, 3.8) is 0 Å². The second kappa shape index (κ2) is 8.61. The van der Waals surface area contributed by atoms with Crippen LogP contribution in [0.5, 0.6) is 11.5 Å². The number of carbonyl (C=O) groups excluding carboxylic acids is 1. The van der Waals surface area contributed by atoms with Crippen molar-refractivity contribution in [2.45, 2.75) is 23.8 Å². The number of rotatable bonds is 5. The molecule has 2 aliphatic heterocycles. The molecule has 0 bridgehead atoms. The Hall–Kier alpha value is -2.65. The standard InChI is InChI=1S/C21H23FN2O5S/c22-16-5-7-18(8-6-16)30(26,27)24-11-9-15(10-12-24)21(25)23-13-17-14-28-19-3-1-2-4-20(19)29-17/h1-8,15,17H,9-14H2,(H,23,25). The Balaban J connectivity index is 1.27. The zero-order chi connectivity index (χ0) is 21.1. The van der Waals surface area contributed by atoms with Crippen molar-refractivity contribution in [3.8, 4) is 11.5 Å². The van der Waals surface area contributed by atoms with Gasteiger partial charge in [0.1, 0.15) is 18.5 Å². The number of amides is 1. The second-order valence-corrected chi connectivity index (χ2v) is 9.31. The third kappa shape index (κ3) is 4.41. The lowest BCUT2D eigenvalue weighted by Gasteiger charge is -2.31. The normalized spacial score (nSPS) is 20.0. The Morgan fingerprint density at radius 2 is 1.73 bits per heavy atom. The monoisotopic (exact) mass is 434 g/mol. The van der Waals surface area contributed by atoms with E-state index in [9.17, 15) is 17.6 Å². The van der Waals surface area contributed by atoms with Gasteiger partial charge in [0.15, 0.2) is 11.5 Å². The van der Waals surface area contributed by atoms with Gasteiger partial charge in [-0.3, -0.25) is 4.79 Å². The minimum absolute atomic E-state index is 0.0570. The van der Waals surface area contributed by atoms with Gasteiger partial charge >= 0.3 is 0 Å². The number of hydrogen-bond acceptors (Lipinski definition) is 5. The average molecular weight is 434 g/mol. The third-order valence-electron chi connectivity index (χ3n) is 5.35. The molecular weight excluding hydrogens is 411 g/mol. The van der Waals surface area contributed by atoms with Crippen LogP contribution in [0.25, 0.3) is 0 Å². The summed E-state index contributed by atoms with van der Waals surface area (Å²) in [7, 11) is -3.69. The molecule has 1 saturated heterocycles. The summed E-state index contributed by atoms with van der Waals surface area (Å²) in [6.45, 7) is 1.16. The summed E-state index contributed by atoms with van der Waals surface area (Å²) in [5.41, 5.74) is 0. The molecule has 2 heterocycles. The van der Waals surface area contributed by atoms with Crippen molar-refractivity contribution < 1.29 is 27.1 Å². The molecule has 1 atom stereocenters. The maximum absolute atomic E-state index is 13.1. The number of nitrogens with one attached hydrogen (secondary N) is 1. The topological polar surface area (TPSA) is 84.9 Å². The summed E-state index contributed by atoms with van der Waals surface area (Å²) in [4.78, 5) is 12.6. The van der Waals surface area contributed by atoms with Gasteiger partial charge in [-0.2, -0.15) is 4.31 Å². The van der Waals surface area contributed by atoms with Crippen LogP contribution in [-0.4, -0.2) is 51.0 Å². The Bertz CT molecular complexity index is 1000. The molecular formula is C21H23FN2O5S. The van der Waals surface area contributed by atoms with Gasteiger partial charge < -0.3 is 14.8 Å². The van der Waals surface area contributed by atoms with E-state index < -0.39 is 15.8 Å². The van der Waals surface area contributed by atoms with E-state index in [1.54, 1.807) is 0 Å². The highest BCUT2D eigenvalue weighted by Crippen LogP contribution is 2.30. The molecule has 1 N–H and O–H groups in total. The molecule has 1 amide bonds. The van der Waals surface area contributed by atoms with Crippen molar-refractivity contribution in [1.29, 1.82) is 0 Å². The van der Waals surface area contributed by atoms with Crippen LogP contribution in [0.4, 0.5) is 4.39 Å². The molecule has 2 aliphatic rings. The summed E-state index contributed by atoms with van der Waals surface area (Å²) in [5, 5.41) is 2.89. The number of benzene rings is 2. The summed E-state index contributed by atoms with van der Waals surface area (Å²) in [6.07, 6.45) is 0.580. The molecule has 30 heavy (non-hydrogen) atoms. The first-order valence-electron chi connectivity index (χ1n) is 9.85. The van der Waals surface area contributed by atoms with E-state index >= 15 is 0 Å². The highest BCUT2D eigenvalue weighted by Gasteiger charge is 2.32. The number of carbonyl (C=O) groups is 1. The Morgan fingerprint density at radius 3 is 2.43 bits per heavy atom. The van der Waals surface area contributed by atoms with Crippen LogP contribution in [0.2, 0.25) is 0 Å². The molecule has 1 fully saturated rings. The van der Waals surface area contributed by atoms with Crippen LogP contribution >= 0.6 is 0 Å². The van der Waals surface area contributed by atoms with Gasteiger partial charge in [-0.1, -0.05) is 12.1 Å². The smallest absolute Gasteiger partial charge is 0.243 e. The fraction of sp³-hybridized carbons (Fsp3) is 0.381. The zero-order valence-electron chi connectivity index (χ0n) is 16.3. The van der Waals surface area contributed by atoms with Crippen molar-refractivity contribution in [2.24, 2.45) is 5.92 Å². The maximum Gasteiger partial charge on any atom is 0.243 e. The molecule has 2 aromatic carbocycles. The van der Waals surface area contributed by atoms with Gasteiger partial charge in [-0.15, -0.1) is 0 Å². The molecule has 0 aliphatic carbocycles. The van der Waals surface area contributed by atoms with Gasteiger partial charge in [-0.25, -0.2) is 12.8 Å². The average Bonchev–Trinajstić information content (AvgIpc) is 2.77. The molecule has 7 nitrogen and oxygen atoms in total. The molecule has 2 aromatic rings. The molecule has 0 radical (unpaired) electrons. The molecule has 1 unspecified atom stereocenters. The first-order chi connectivity index (χ1) is 14.4. The molecule has 0 spiro atoms. The SMILES string of the molecule is O=C(NCC1COc2ccccc2O1)C1CCN(S(=O)(=O)c2ccc(F)cc2)CC1. The van der Waals surface area contributed by atoms with E-state index in [0.717, 1.165) is 12.1 Å². The zero-order valence-corrected chi connectivity index (χ0v) is 17.1. The molecule has 160 valence electrons. The molecule has 0 aromatic heterocycles. The number of sulfonamides is 1. The third-order valence-corrected chi connectivity index (χ3v) is 7.26. The lowest BCUT2D eigenvalue weighted by Crippen LogP contribution is -2.46. The predicted molar refractivity (Wildman–Crippen MR) is 107 cm³/mol. The Kier molecular flexibility index (Phi) is 5.92. The largest absolute Gasteiger partial charge is 0.486 e. The highest BCUT2D eigenvalue weighted by molar-refractivity contribution is 7.89. The van der Waals surface area contributed by atoms with Crippen molar-refractivity contribution >= 4 is 15.9 Å². The van der Waals surface area contributed by atoms with E-state index in [1.807, 2.05) is 24.3 Å². The van der Waals surface area contributed by atoms with Crippen molar-refractivity contribution in [2.75, 3.05) is 26.2 Å². The summed E-state index contributed by atoms with van der Waals surface area (Å²) in [6, 6.07) is 12.1. The number of nitrogens with zero attached hydrogens (tertiary/aromatic N) is 1. The number of halogens is 1. The van der Waals surface area contributed by atoms with E-state index in [4.69, 9.17) is 9.47 Å². The van der Waals surface area contributed by atoms with Gasteiger partial charge in [0.05, 0.1) is 11.4 Å². The Morgan fingerprint density at radius 1 is 1.07 bits per heavy atom. The molecule has 4 rings (SSSR count). The van der Waals surface area contributed by atoms with Crippen LogP contribution in [0.3, 0.4) is 0 Å². The number of hydrogen-bond donors (Lipinski definition) is 1. The first kappa shape index (κ1) is 20.6. The molecule has 0 saturated carbocycles. The van der Waals surface area contributed by atoms with E-state index in [1.165, 1.54) is 16.4 Å². The molecule has 9 heteroatoms. The minimum atomic E-state index is -3.69. The van der Waals surface area contributed by atoms with Gasteiger partial charge in [-0.05, 0) is 49.2 Å². The van der Waals surface area contributed by atoms with Crippen LogP contribution in [0.1, 0.15) is 12.8 Å². The number of fused-ring (bicyclic) bond motifs is 1. The van der Waals surface area contributed by atoms with Crippen molar-refractivity contribution in [1.82, 2.24) is 9.62 Å². The lowest BCUT2D eigenvalue weighted by molar-refractivity contribution is -0.126. The number of para-hydroxylation sites is 2. The van der Waals surface area contributed by atoms with Crippen molar-refractivity contribution in [3.05, 3.63) is 54.3 Å². The van der Waals surface area contributed by atoms with Gasteiger partial charge in [0, 0.05) is 19.0 Å². The number of ether oxygens (including phenoxy) is 2. The second-order valence-electron chi connectivity index (χ2n) is 7.38. The quantitative estimate of drug-likeness (QED) is 0.780. The summed E-state index contributed by atoms with van der Waals surface area (Å²) < 4.78 is 51.3. The highest BCUT2D eigenvalue weighted by atomic mass is 32.2. The predicted octanol–water partition coefficient (Wildman–Crippen LogP) is 2.18. The fourth-order valence-corrected chi connectivity index (χ4v) is 5.11. The summed E-state index contributed by atoms with van der Waals surface area (Å²) in [5.74, 6) is 0.482. The Labute approximate surface area is 174 Å². The fourth-order valence-electron chi connectivity index (χ4n) is 3.64. The van der Waals surface area contributed by atoms with Crippen LogP contribution in [0.15, 0.2) is 53.4 Å².